The molecule has 1 aromatic heterocycles. The largest absolute Gasteiger partial charge is 0.508 e. The summed E-state index contributed by atoms with van der Waals surface area (Å²) in [6.45, 7) is 5.17. The molecule has 0 aliphatic carbocycles. The van der Waals surface area contributed by atoms with Crippen molar-refractivity contribution in [1.82, 2.24) is 20.2 Å². The first kappa shape index (κ1) is 27.2. The number of aliphatic hydroxyl groups is 1. The number of hydrogen-bond donors (Lipinski definition) is 2. The zero-order valence-corrected chi connectivity index (χ0v) is 23.6. The maximum absolute atomic E-state index is 16.1. The molecule has 3 aliphatic rings. The molecule has 0 saturated carbocycles. The molecule has 40 heavy (non-hydrogen) atoms. The summed E-state index contributed by atoms with van der Waals surface area (Å²) in [5.74, 6) is 0.991. The highest BCUT2D eigenvalue weighted by molar-refractivity contribution is 6.33. The van der Waals surface area contributed by atoms with Crippen LogP contribution in [0.4, 0.5) is 10.2 Å². The molecule has 8 heteroatoms. The van der Waals surface area contributed by atoms with E-state index in [2.05, 4.69) is 15.1 Å². The van der Waals surface area contributed by atoms with E-state index in [0.29, 0.717) is 35.2 Å². The number of nitrogens with one attached hydrogen (secondary N) is 1. The molecule has 210 valence electrons. The van der Waals surface area contributed by atoms with Gasteiger partial charge in [-0.1, -0.05) is 41.9 Å². The summed E-state index contributed by atoms with van der Waals surface area (Å²) in [6.07, 6.45) is 12.3. The van der Waals surface area contributed by atoms with Crippen molar-refractivity contribution < 1.29 is 9.50 Å². The monoisotopic (exact) mass is 561 g/mol. The summed E-state index contributed by atoms with van der Waals surface area (Å²) in [4.78, 5) is 14.5. The lowest BCUT2D eigenvalue weighted by molar-refractivity contribution is 0.330. The quantitative estimate of drug-likeness (QED) is 0.179. The lowest BCUT2D eigenvalue weighted by atomic mass is 10.1. The summed E-state index contributed by atoms with van der Waals surface area (Å²) in [6, 6.07) is 12.1. The van der Waals surface area contributed by atoms with Crippen molar-refractivity contribution in [2.24, 2.45) is 0 Å². The highest BCUT2D eigenvalue weighted by atomic mass is 35.5. The maximum Gasteiger partial charge on any atom is 0.158 e. The van der Waals surface area contributed by atoms with Gasteiger partial charge >= 0.3 is 0 Å². The molecule has 2 N–H and O–H groups in total. The fourth-order valence-corrected chi connectivity index (χ4v) is 6.53. The van der Waals surface area contributed by atoms with Gasteiger partial charge in [-0.15, -0.1) is 0 Å². The second-order valence-corrected chi connectivity index (χ2v) is 11.7. The number of halogens is 2. The third kappa shape index (κ3) is 6.17. The number of aryl methyl sites for hydroxylation is 1. The number of unbranched alkanes of at least 4 members (excludes halogenated alkanes) is 1. The molecule has 3 aromatic rings. The van der Waals surface area contributed by atoms with E-state index in [4.69, 9.17) is 21.6 Å². The van der Waals surface area contributed by atoms with E-state index in [1.54, 1.807) is 12.1 Å². The number of nitrogens with zero attached hydrogens (tertiary/aromatic N) is 4. The molecule has 3 saturated heterocycles. The van der Waals surface area contributed by atoms with Crippen LogP contribution in [0.25, 0.3) is 23.1 Å². The van der Waals surface area contributed by atoms with Gasteiger partial charge in [-0.05, 0) is 88.0 Å². The maximum atomic E-state index is 16.1. The number of aliphatic hydroxyl groups excluding tert-OH is 1. The van der Waals surface area contributed by atoms with Gasteiger partial charge in [-0.25, -0.2) is 14.4 Å². The number of aromatic nitrogens is 2. The van der Waals surface area contributed by atoms with Crippen molar-refractivity contribution in [1.29, 1.82) is 0 Å². The summed E-state index contributed by atoms with van der Waals surface area (Å²) in [5, 5.41) is 15.0. The minimum Gasteiger partial charge on any atom is -0.508 e. The van der Waals surface area contributed by atoms with Crippen LogP contribution in [0.1, 0.15) is 55.5 Å². The lowest BCUT2D eigenvalue weighted by Gasteiger charge is -2.34. The molecule has 3 aliphatic heterocycles. The van der Waals surface area contributed by atoms with Crippen molar-refractivity contribution in [3.8, 4) is 0 Å². The molecule has 2 atom stereocenters. The average molecular weight is 562 g/mol. The van der Waals surface area contributed by atoms with E-state index in [-0.39, 0.29) is 16.3 Å². The Morgan fingerprint density at radius 1 is 1.07 bits per heavy atom. The van der Waals surface area contributed by atoms with Gasteiger partial charge in [0.25, 0.3) is 0 Å². The predicted octanol–water partition coefficient (Wildman–Crippen LogP) is 6.39. The van der Waals surface area contributed by atoms with Gasteiger partial charge in [0, 0.05) is 42.5 Å². The third-order valence-electron chi connectivity index (χ3n) is 8.32. The van der Waals surface area contributed by atoms with Crippen LogP contribution in [0.15, 0.2) is 48.2 Å². The molecule has 6 rings (SSSR count). The first-order valence-corrected chi connectivity index (χ1v) is 15.0. The van der Waals surface area contributed by atoms with Gasteiger partial charge in [-0.2, -0.15) is 0 Å². The van der Waals surface area contributed by atoms with Crippen LogP contribution >= 0.6 is 11.6 Å². The summed E-state index contributed by atoms with van der Waals surface area (Å²) in [7, 11) is 0. The normalized spacial score (nSPS) is 21.8. The Bertz CT molecular complexity index is 1390. The average Bonchev–Trinajstić information content (AvgIpc) is 3.60. The van der Waals surface area contributed by atoms with E-state index in [1.807, 2.05) is 30.3 Å². The SMILES string of the molecule is OC(/C=C/c1c(Cl)cc2c(N3CC4CCC(C3)N4)nc(CCCCN3CCCC3)nc2c1F)=C/c1ccccc1. The zero-order valence-electron chi connectivity index (χ0n) is 22.8. The molecule has 2 bridgehead atoms. The van der Waals surface area contributed by atoms with Crippen LogP contribution in [-0.4, -0.2) is 64.8 Å². The van der Waals surface area contributed by atoms with Crippen LogP contribution in [0.5, 0.6) is 0 Å². The number of rotatable bonds is 9. The molecule has 0 radical (unpaired) electrons. The van der Waals surface area contributed by atoms with Gasteiger partial charge in [0.1, 0.15) is 22.9 Å². The molecule has 4 heterocycles. The number of likely N-dealkylation sites (tertiary alicyclic amines) is 1. The first-order valence-electron chi connectivity index (χ1n) is 14.6. The Labute approximate surface area is 240 Å². The highest BCUT2D eigenvalue weighted by Crippen LogP contribution is 2.35. The minimum absolute atomic E-state index is 0.0140. The molecular formula is C32H37ClFN5O. The fourth-order valence-electron chi connectivity index (χ4n) is 6.28. The number of hydrogen-bond acceptors (Lipinski definition) is 6. The molecule has 0 amide bonds. The highest BCUT2D eigenvalue weighted by Gasteiger charge is 2.34. The van der Waals surface area contributed by atoms with Crippen molar-refractivity contribution in [2.45, 2.75) is 57.0 Å². The van der Waals surface area contributed by atoms with Gasteiger partial charge in [0.15, 0.2) is 5.82 Å². The first-order chi connectivity index (χ1) is 19.5. The smallest absolute Gasteiger partial charge is 0.158 e. The van der Waals surface area contributed by atoms with Crippen molar-refractivity contribution in [3.63, 3.8) is 0 Å². The minimum atomic E-state index is -0.480. The standard InChI is InChI=1S/C32H37ClFN5O/c33-28-19-27-31(30(34)26(28)14-13-25(40)18-22-8-2-1-3-9-22)36-29(10-4-5-15-38-16-6-7-17-38)37-32(27)39-20-23-11-12-24(21-39)35-23/h1-3,8-9,13-14,18-19,23-24,35,40H,4-7,10-12,15-17,20-21H2/b14-13+,25-18+. The van der Waals surface area contributed by atoms with Crippen LogP contribution in [0.3, 0.4) is 0 Å². The van der Waals surface area contributed by atoms with Gasteiger partial charge in [-0.3, -0.25) is 0 Å². The Morgan fingerprint density at radius 2 is 1.82 bits per heavy atom. The Morgan fingerprint density at radius 3 is 2.58 bits per heavy atom. The van der Waals surface area contributed by atoms with Crippen molar-refractivity contribution in [3.05, 3.63) is 76.0 Å². The number of fused-ring (bicyclic) bond motifs is 3. The number of anilines is 1. The third-order valence-corrected chi connectivity index (χ3v) is 8.63. The van der Waals surface area contributed by atoms with E-state index in [1.165, 1.54) is 38.1 Å². The second-order valence-electron chi connectivity index (χ2n) is 11.3. The van der Waals surface area contributed by atoms with E-state index < -0.39 is 5.82 Å². The van der Waals surface area contributed by atoms with Crippen molar-refractivity contribution >= 4 is 40.5 Å². The second kappa shape index (κ2) is 12.2. The lowest BCUT2D eigenvalue weighted by Crippen LogP contribution is -2.51. The summed E-state index contributed by atoms with van der Waals surface area (Å²) >= 11 is 6.65. The Balaban J connectivity index is 1.31. The Hall–Kier alpha value is -3.00. The Kier molecular flexibility index (Phi) is 8.32. The van der Waals surface area contributed by atoms with Crippen LogP contribution < -0.4 is 10.2 Å². The number of benzene rings is 2. The molecular weight excluding hydrogens is 525 g/mol. The topological polar surface area (TPSA) is 64.5 Å². The fraction of sp³-hybridized carbons (Fsp3) is 0.438. The van der Waals surface area contributed by atoms with Gasteiger partial charge < -0.3 is 20.2 Å². The van der Waals surface area contributed by atoms with Crippen LogP contribution in [0, 0.1) is 5.82 Å². The molecule has 3 fully saturated rings. The predicted molar refractivity (Wildman–Crippen MR) is 161 cm³/mol. The molecule has 2 aromatic carbocycles. The molecule has 0 spiro atoms. The summed E-state index contributed by atoms with van der Waals surface area (Å²) in [5.41, 5.74) is 1.36. The van der Waals surface area contributed by atoms with Gasteiger partial charge in [0.05, 0.1) is 5.02 Å². The number of allylic oxidation sites excluding steroid dienone is 1. The molecule has 6 nitrogen and oxygen atoms in total. The van der Waals surface area contributed by atoms with Crippen molar-refractivity contribution in [2.75, 3.05) is 37.6 Å². The zero-order chi connectivity index (χ0) is 27.5. The van der Waals surface area contributed by atoms with E-state index >= 15 is 4.39 Å². The summed E-state index contributed by atoms with van der Waals surface area (Å²) < 4.78 is 16.1. The number of piperazine rings is 1. The van der Waals surface area contributed by atoms with Gasteiger partial charge in [0.2, 0.25) is 0 Å². The van der Waals surface area contributed by atoms with E-state index in [0.717, 1.165) is 56.7 Å². The van der Waals surface area contributed by atoms with Crippen LogP contribution in [0.2, 0.25) is 5.02 Å². The van der Waals surface area contributed by atoms with Crippen LogP contribution in [-0.2, 0) is 6.42 Å². The molecule has 2 unspecified atom stereocenters. The van der Waals surface area contributed by atoms with E-state index in [9.17, 15) is 5.11 Å².